The van der Waals surface area contributed by atoms with Crippen LogP contribution in [0.5, 0.6) is 0 Å². The van der Waals surface area contributed by atoms with Gasteiger partial charge in [0.1, 0.15) is 0 Å². The Labute approximate surface area is 102 Å². The minimum atomic E-state index is -5.08. The fraction of sp³-hybridized carbons (Fsp3) is 0.900. The molecule has 1 aliphatic heterocycles. The van der Waals surface area contributed by atoms with Crippen LogP contribution in [0.1, 0.15) is 19.3 Å². The Balaban J connectivity index is 0.000000203. The highest BCUT2D eigenvalue weighted by molar-refractivity contribution is 5.73. The molecule has 18 heavy (non-hydrogen) atoms. The Morgan fingerprint density at radius 1 is 1.28 bits per heavy atom. The Morgan fingerprint density at radius 3 is 2.11 bits per heavy atom. The molecule has 2 atom stereocenters. The summed E-state index contributed by atoms with van der Waals surface area (Å²) in [6.07, 6.45) is -1.71. The van der Waals surface area contributed by atoms with Gasteiger partial charge in [0.2, 0.25) is 0 Å². The molecule has 1 heterocycles. The number of carbonyl (C=O) groups is 1. The Hall–Kier alpha value is -0.860. The second-order valence-electron chi connectivity index (χ2n) is 4.26. The number of hydrogen-bond donors (Lipinski definition) is 3. The third-order valence-corrected chi connectivity index (χ3v) is 2.77. The maximum Gasteiger partial charge on any atom is 0.490 e. The minimum Gasteiger partial charge on any atom is -0.475 e. The summed E-state index contributed by atoms with van der Waals surface area (Å²) in [6, 6.07) is 0. The smallest absolute Gasteiger partial charge is 0.475 e. The standard InChI is InChI=1S/C8H15NO2.C2HF3O2/c10-7-2-1-3-8(7)11-6-4-9-5-6;3-2(4,5)1(6)7/h6-10H,1-5H2;(H,6,7)/t7-,8-;/m1./s1. The van der Waals surface area contributed by atoms with Crippen molar-refractivity contribution in [2.24, 2.45) is 0 Å². The van der Waals surface area contributed by atoms with Crippen LogP contribution in [0.4, 0.5) is 13.2 Å². The van der Waals surface area contributed by atoms with E-state index in [4.69, 9.17) is 14.6 Å². The van der Waals surface area contributed by atoms with Gasteiger partial charge in [-0.2, -0.15) is 13.2 Å². The van der Waals surface area contributed by atoms with Crippen LogP contribution in [0.3, 0.4) is 0 Å². The van der Waals surface area contributed by atoms with Crippen LogP contribution < -0.4 is 5.32 Å². The monoisotopic (exact) mass is 271 g/mol. The molecule has 2 fully saturated rings. The molecule has 1 aliphatic carbocycles. The number of aliphatic carboxylic acids is 1. The number of aliphatic hydroxyl groups is 1. The molecule has 2 rings (SSSR count). The summed E-state index contributed by atoms with van der Waals surface area (Å²) < 4.78 is 37.4. The molecule has 1 saturated carbocycles. The van der Waals surface area contributed by atoms with E-state index in [-0.39, 0.29) is 12.2 Å². The summed E-state index contributed by atoms with van der Waals surface area (Å²) in [5.41, 5.74) is 0. The number of carboxylic acid groups (broad SMARTS) is 1. The molecule has 1 saturated heterocycles. The van der Waals surface area contributed by atoms with E-state index in [2.05, 4.69) is 5.32 Å². The molecule has 0 aromatic rings. The minimum absolute atomic E-state index is 0.127. The summed E-state index contributed by atoms with van der Waals surface area (Å²) in [5, 5.41) is 19.7. The Bertz CT molecular complexity index is 281. The van der Waals surface area contributed by atoms with Gasteiger partial charge in [-0.25, -0.2) is 4.79 Å². The topological polar surface area (TPSA) is 78.8 Å². The average molecular weight is 271 g/mol. The molecule has 3 N–H and O–H groups in total. The maximum atomic E-state index is 10.6. The van der Waals surface area contributed by atoms with Gasteiger partial charge in [0.15, 0.2) is 0 Å². The summed E-state index contributed by atoms with van der Waals surface area (Å²) in [5.74, 6) is -2.76. The van der Waals surface area contributed by atoms with Crippen molar-refractivity contribution in [2.75, 3.05) is 13.1 Å². The predicted molar refractivity (Wildman–Crippen MR) is 55.1 cm³/mol. The summed E-state index contributed by atoms with van der Waals surface area (Å²) >= 11 is 0. The van der Waals surface area contributed by atoms with Crippen LogP contribution in [-0.4, -0.2) is 53.8 Å². The molecule has 2 aliphatic rings. The molecular weight excluding hydrogens is 255 g/mol. The quantitative estimate of drug-likeness (QED) is 0.682. The van der Waals surface area contributed by atoms with Crippen molar-refractivity contribution in [3.05, 3.63) is 0 Å². The van der Waals surface area contributed by atoms with Gasteiger partial charge in [0, 0.05) is 13.1 Å². The maximum absolute atomic E-state index is 10.6. The van der Waals surface area contributed by atoms with Crippen molar-refractivity contribution >= 4 is 5.97 Å². The lowest BCUT2D eigenvalue weighted by molar-refractivity contribution is -0.192. The molecule has 0 bridgehead atoms. The molecule has 8 heteroatoms. The van der Waals surface area contributed by atoms with Gasteiger partial charge in [0.25, 0.3) is 0 Å². The van der Waals surface area contributed by atoms with Crippen molar-refractivity contribution in [3.8, 4) is 0 Å². The molecule has 0 aromatic carbocycles. The van der Waals surface area contributed by atoms with E-state index < -0.39 is 12.1 Å². The highest BCUT2D eigenvalue weighted by Gasteiger charge is 2.38. The number of hydrogen-bond acceptors (Lipinski definition) is 4. The molecule has 5 nitrogen and oxygen atoms in total. The van der Waals surface area contributed by atoms with Crippen LogP contribution in [0.25, 0.3) is 0 Å². The molecule has 0 aromatic heterocycles. The Kier molecular flexibility index (Phi) is 5.36. The van der Waals surface area contributed by atoms with E-state index in [1.807, 2.05) is 0 Å². The average Bonchev–Trinajstić information content (AvgIpc) is 2.57. The van der Waals surface area contributed by atoms with E-state index in [0.29, 0.717) is 6.10 Å². The number of halogens is 3. The van der Waals surface area contributed by atoms with Crippen molar-refractivity contribution < 1.29 is 32.9 Å². The number of aliphatic hydroxyl groups excluding tert-OH is 1. The van der Waals surface area contributed by atoms with Gasteiger partial charge in [-0.1, -0.05) is 0 Å². The number of ether oxygens (including phenoxy) is 1. The largest absolute Gasteiger partial charge is 0.490 e. The summed E-state index contributed by atoms with van der Waals surface area (Å²) in [4.78, 5) is 8.90. The summed E-state index contributed by atoms with van der Waals surface area (Å²) in [6.45, 7) is 1.92. The zero-order valence-electron chi connectivity index (χ0n) is 9.61. The first-order valence-electron chi connectivity index (χ1n) is 5.65. The second-order valence-corrected chi connectivity index (χ2v) is 4.26. The third kappa shape index (κ3) is 4.79. The van der Waals surface area contributed by atoms with Crippen LogP contribution in [-0.2, 0) is 9.53 Å². The van der Waals surface area contributed by atoms with Gasteiger partial charge in [-0.15, -0.1) is 0 Å². The first-order valence-corrected chi connectivity index (χ1v) is 5.65. The lowest BCUT2D eigenvalue weighted by Crippen LogP contribution is -2.50. The van der Waals surface area contributed by atoms with Crippen LogP contribution in [0.15, 0.2) is 0 Å². The lowest BCUT2D eigenvalue weighted by atomic mass is 10.2. The first-order chi connectivity index (χ1) is 8.30. The normalized spacial score (nSPS) is 28.2. The van der Waals surface area contributed by atoms with Crippen LogP contribution >= 0.6 is 0 Å². The molecular formula is C10H16F3NO4. The fourth-order valence-corrected chi connectivity index (χ4v) is 1.67. The zero-order valence-corrected chi connectivity index (χ0v) is 9.61. The lowest BCUT2D eigenvalue weighted by Gasteiger charge is -2.31. The van der Waals surface area contributed by atoms with Crippen molar-refractivity contribution in [2.45, 2.75) is 43.8 Å². The van der Waals surface area contributed by atoms with E-state index >= 15 is 0 Å². The fourth-order valence-electron chi connectivity index (χ4n) is 1.67. The van der Waals surface area contributed by atoms with Crippen molar-refractivity contribution in [1.29, 1.82) is 0 Å². The van der Waals surface area contributed by atoms with Crippen molar-refractivity contribution in [3.63, 3.8) is 0 Å². The van der Waals surface area contributed by atoms with Gasteiger partial charge in [0.05, 0.1) is 18.3 Å². The predicted octanol–water partition coefficient (Wildman–Crippen LogP) is 0.521. The van der Waals surface area contributed by atoms with Crippen LogP contribution in [0.2, 0.25) is 0 Å². The zero-order chi connectivity index (χ0) is 13.8. The molecule has 0 unspecified atom stereocenters. The third-order valence-electron chi connectivity index (χ3n) is 2.77. The number of nitrogens with one attached hydrogen (secondary N) is 1. The SMILES string of the molecule is O=C(O)C(F)(F)F.O[C@@H]1CCC[C@H]1OC1CNC1. The molecule has 0 amide bonds. The van der Waals surface area contributed by atoms with Gasteiger partial charge in [-0.05, 0) is 19.3 Å². The Morgan fingerprint density at radius 2 is 1.83 bits per heavy atom. The van der Waals surface area contributed by atoms with Gasteiger partial charge in [-0.3, -0.25) is 0 Å². The van der Waals surface area contributed by atoms with Crippen LogP contribution in [0, 0.1) is 0 Å². The van der Waals surface area contributed by atoms with E-state index in [9.17, 15) is 18.3 Å². The number of rotatable bonds is 2. The van der Waals surface area contributed by atoms with Crippen molar-refractivity contribution in [1.82, 2.24) is 5.32 Å². The first kappa shape index (κ1) is 15.2. The highest BCUT2D eigenvalue weighted by atomic mass is 19.4. The second kappa shape index (κ2) is 6.35. The molecule has 0 radical (unpaired) electrons. The van der Waals surface area contributed by atoms with E-state index in [0.717, 1.165) is 32.4 Å². The number of alkyl halides is 3. The molecule has 106 valence electrons. The molecule has 0 spiro atoms. The van der Waals surface area contributed by atoms with Gasteiger partial charge < -0.3 is 20.3 Å². The van der Waals surface area contributed by atoms with Gasteiger partial charge >= 0.3 is 12.1 Å². The number of carboxylic acids is 1. The van der Waals surface area contributed by atoms with E-state index in [1.165, 1.54) is 0 Å². The highest BCUT2D eigenvalue weighted by Crippen LogP contribution is 2.23. The van der Waals surface area contributed by atoms with E-state index in [1.54, 1.807) is 0 Å². The summed E-state index contributed by atoms with van der Waals surface area (Å²) in [7, 11) is 0.